The van der Waals surface area contributed by atoms with E-state index in [1.807, 2.05) is 13.0 Å². The molecule has 82 valence electrons. The van der Waals surface area contributed by atoms with Crippen LogP contribution in [0.4, 0.5) is 0 Å². The zero-order valence-electron chi connectivity index (χ0n) is 10.0. The quantitative estimate of drug-likeness (QED) is 0.632. The van der Waals surface area contributed by atoms with E-state index in [9.17, 15) is 5.11 Å². The van der Waals surface area contributed by atoms with E-state index in [0.717, 1.165) is 12.8 Å². The normalized spacial score (nSPS) is 27.1. The summed E-state index contributed by atoms with van der Waals surface area (Å²) in [4.78, 5) is 0. The summed E-state index contributed by atoms with van der Waals surface area (Å²) in [6.45, 7) is 10.7. The number of aliphatic hydroxyl groups excluding tert-OH is 1. The van der Waals surface area contributed by atoms with Gasteiger partial charge in [0.15, 0.2) is 0 Å². The molecule has 0 saturated carbocycles. The Hall–Kier alpha value is -0.340. The second kappa shape index (κ2) is 3.67. The van der Waals surface area contributed by atoms with Gasteiger partial charge in [-0.25, -0.2) is 0 Å². The van der Waals surface area contributed by atoms with Crippen molar-refractivity contribution in [1.82, 2.24) is 5.32 Å². The highest BCUT2D eigenvalue weighted by molar-refractivity contribution is 5.17. The average Bonchev–Trinajstić information content (AvgIpc) is 1.74. The predicted molar refractivity (Wildman–Crippen MR) is 60.3 cm³/mol. The Morgan fingerprint density at radius 3 is 2.00 bits per heavy atom. The Labute approximate surface area is 87.4 Å². The maximum absolute atomic E-state index is 9.35. The minimum atomic E-state index is -0.324. The molecule has 1 fully saturated rings. The van der Waals surface area contributed by atoms with E-state index in [2.05, 4.69) is 33.0 Å². The Morgan fingerprint density at radius 2 is 1.64 bits per heavy atom. The molecule has 1 atom stereocenters. The molecule has 2 nitrogen and oxygen atoms in total. The van der Waals surface area contributed by atoms with E-state index in [1.165, 1.54) is 5.57 Å². The third kappa shape index (κ3) is 3.43. The molecule has 0 aromatic carbocycles. The summed E-state index contributed by atoms with van der Waals surface area (Å²) < 4.78 is 0. The van der Waals surface area contributed by atoms with Crippen molar-refractivity contribution in [3.63, 3.8) is 0 Å². The standard InChI is InChI=1S/C12H23NO/c1-9(14)6-10-7-11(2,3)13-12(4,5)8-10/h6,9,13-14H,7-8H2,1-5H3. The Bertz CT molecular complexity index is 221. The molecule has 0 radical (unpaired) electrons. The van der Waals surface area contributed by atoms with Gasteiger partial charge >= 0.3 is 0 Å². The van der Waals surface area contributed by atoms with Crippen molar-refractivity contribution in [1.29, 1.82) is 0 Å². The lowest BCUT2D eigenvalue weighted by atomic mass is 9.79. The maximum atomic E-state index is 9.35. The van der Waals surface area contributed by atoms with Gasteiger partial charge < -0.3 is 10.4 Å². The van der Waals surface area contributed by atoms with Gasteiger partial charge in [0.05, 0.1) is 6.10 Å². The third-order valence-corrected chi connectivity index (χ3v) is 2.49. The minimum Gasteiger partial charge on any atom is -0.389 e. The summed E-state index contributed by atoms with van der Waals surface area (Å²) >= 11 is 0. The van der Waals surface area contributed by atoms with Gasteiger partial charge in [-0.3, -0.25) is 0 Å². The lowest BCUT2D eigenvalue weighted by Gasteiger charge is -2.44. The molecule has 1 aliphatic heterocycles. The summed E-state index contributed by atoms with van der Waals surface area (Å²) in [6, 6.07) is 0. The van der Waals surface area contributed by atoms with Crippen LogP contribution in [0, 0.1) is 0 Å². The highest BCUT2D eigenvalue weighted by Crippen LogP contribution is 2.32. The number of nitrogens with one attached hydrogen (secondary N) is 1. The monoisotopic (exact) mass is 197 g/mol. The van der Waals surface area contributed by atoms with Crippen LogP contribution < -0.4 is 5.32 Å². The molecule has 1 unspecified atom stereocenters. The van der Waals surface area contributed by atoms with Crippen molar-refractivity contribution in [2.24, 2.45) is 0 Å². The highest BCUT2D eigenvalue weighted by Gasteiger charge is 2.34. The van der Waals surface area contributed by atoms with Crippen molar-refractivity contribution < 1.29 is 5.11 Å². The second-order valence-electron chi connectivity index (χ2n) is 5.81. The SMILES string of the molecule is CC(O)C=C1CC(C)(C)NC(C)(C)C1. The van der Waals surface area contributed by atoms with E-state index in [-0.39, 0.29) is 17.2 Å². The molecule has 0 spiro atoms. The zero-order chi connectivity index (χ0) is 11.0. The van der Waals surface area contributed by atoms with Crippen molar-refractivity contribution in [2.75, 3.05) is 0 Å². The van der Waals surface area contributed by atoms with Crippen LogP contribution in [0.25, 0.3) is 0 Å². The van der Waals surface area contributed by atoms with Crippen molar-refractivity contribution in [3.05, 3.63) is 11.6 Å². The molecular weight excluding hydrogens is 174 g/mol. The summed E-state index contributed by atoms with van der Waals surface area (Å²) in [5, 5.41) is 13.0. The van der Waals surface area contributed by atoms with Gasteiger partial charge in [0.25, 0.3) is 0 Å². The molecule has 0 aromatic heterocycles. The molecule has 0 aliphatic carbocycles. The van der Waals surface area contributed by atoms with Gasteiger partial charge in [-0.1, -0.05) is 11.6 Å². The first-order valence-corrected chi connectivity index (χ1v) is 5.37. The predicted octanol–water partition coefficient (Wildman–Crippen LogP) is 2.23. The first kappa shape index (κ1) is 11.7. The number of hydrogen-bond donors (Lipinski definition) is 2. The molecule has 2 N–H and O–H groups in total. The van der Waals surface area contributed by atoms with Gasteiger partial charge in [0.1, 0.15) is 0 Å². The summed E-state index contributed by atoms with van der Waals surface area (Å²) in [6.07, 6.45) is 3.72. The summed E-state index contributed by atoms with van der Waals surface area (Å²) in [5.41, 5.74) is 1.65. The van der Waals surface area contributed by atoms with E-state index < -0.39 is 0 Å². The van der Waals surface area contributed by atoms with Gasteiger partial charge in [-0.05, 0) is 47.5 Å². The van der Waals surface area contributed by atoms with Crippen molar-refractivity contribution >= 4 is 0 Å². The van der Waals surface area contributed by atoms with Gasteiger partial charge in [0, 0.05) is 11.1 Å². The van der Waals surface area contributed by atoms with E-state index in [4.69, 9.17) is 0 Å². The molecule has 14 heavy (non-hydrogen) atoms. The van der Waals surface area contributed by atoms with Crippen LogP contribution in [0.15, 0.2) is 11.6 Å². The third-order valence-electron chi connectivity index (χ3n) is 2.49. The fourth-order valence-corrected chi connectivity index (χ4v) is 2.66. The van der Waals surface area contributed by atoms with Crippen molar-refractivity contribution in [3.8, 4) is 0 Å². The number of aliphatic hydroxyl groups is 1. The minimum absolute atomic E-state index is 0.141. The van der Waals surface area contributed by atoms with E-state index >= 15 is 0 Å². The van der Waals surface area contributed by atoms with Crippen LogP contribution in [-0.4, -0.2) is 22.3 Å². The van der Waals surface area contributed by atoms with Crippen LogP contribution in [0.3, 0.4) is 0 Å². The van der Waals surface area contributed by atoms with Crippen LogP contribution in [-0.2, 0) is 0 Å². The lowest BCUT2D eigenvalue weighted by Crippen LogP contribution is -2.56. The van der Waals surface area contributed by atoms with Crippen molar-refractivity contribution in [2.45, 2.75) is 64.6 Å². The van der Waals surface area contributed by atoms with Gasteiger partial charge in [-0.15, -0.1) is 0 Å². The molecule has 1 heterocycles. The van der Waals surface area contributed by atoms with Crippen LogP contribution in [0.1, 0.15) is 47.5 Å². The van der Waals surface area contributed by atoms with Gasteiger partial charge in [-0.2, -0.15) is 0 Å². The first-order chi connectivity index (χ1) is 6.20. The molecule has 0 aromatic rings. The Morgan fingerprint density at radius 1 is 1.21 bits per heavy atom. The second-order valence-corrected chi connectivity index (χ2v) is 5.81. The Kier molecular flexibility index (Phi) is 3.07. The number of rotatable bonds is 1. The molecule has 0 amide bonds. The molecule has 1 saturated heterocycles. The molecule has 1 aliphatic rings. The molecule has 2 heteroatoms. The van der Waals surface area contributed by atoms with Crippen LogP contribution >= 0.6 is 0 Å². The lowest BCUT2D eigenvalue weighted by molar-refractivity contribution is 0.213. The van der Waals surface area contributed by atoms with Crippen LogP contribution in [0.2, 0.25) is 0 Å². The smallest absolute Gasteiger partial charge is 0.0695 e. The largest absolute Gasteiger partial charge is 0.389 e. The molecule has 0 bridgehead atoms. The zero-order valence-corrected chi connectivity index (χ0v) is 10.0. The highest BCUT2D eigenvalue weighted by atomic mass is 16.3. The molecule has 1 rings (SSSR count). The number of hydrogen-bond acceptors (Lipinski definition) is 2. The summed E-state index contributed by atoms with van der Waals surface area (Å²) in [7, 11) is 0. The number of piperidine rings is 1. The topological polar surface area (TPSA) is 32.3 Å². The van der Waals surface area contributed by atoms with Gasteiger partial charge in [0.2, 0.25) is 0 Å². The molecular formula is C12H23NO. The maximum Gasteiger partial charge on any atom is 0.0695 e. The van der Waals surface area contributed by atoms with Crippen LogP contribution in [0.5, 0.6) is 0 Å². The Balaban J connectivity index is 2.82. The van der Waals surface area contributed by atoms with E-state index in [1.54, 1.807) is 0 Å². The van der Waals surface area contributed by atoms with E-state index in [0.29, 0.717) is 0 Å². The fourth-order valence-electron chi connectivity index (χ4n) is 2.66. The first-order valence-electron chi connectivity index (χ1n) is 5.37. The summed E-state index contributed by atoms with van der Waals surface area (Å²) in [5.74, 6) is 0. The fraction of sp³-hybridized carbons (Fsp3) is 0.833. The average molecular weight is 197 g/mol.